The summed E-state index contributed by atoms with van der Waals surface area (Å²) in [6.45, 7) is 1.64. The molecule has 4 rings (SSSR count). The van der Waals surface area contributed by atoms with Gasteiger partial charge in [-0.05, 0) is 56.2 Å². The van der Waals surface area contributed by atoms with E-state index in [1.165, 1.54) is 24.3 Å². The predicted molar refractivity (Wildman–Crippen MR) is 94.0 cm³/mol. The molecule has 1 saturated carbocycles. The van der Waals surface area contributed by atoms with Gasteiger partial charge in [0.25, 0.3) is 11.7 Å². The average Bonchev–Trinajstić information content (AvgIpc) is 3.22. The number of amides is 1. The number of hydrogen-bond acceptors (Lipinski definition) is 4. The Bertz CT molecular complexity index is 815. The smallest absolute Gasteiger partial charge is 0.265 e. The molecule has 1 atom stereocenters. The number of anilines is 1. The van der Waals surface area contributed by atoms with Crippen LogP contribution in [0.25, 0.3) is 0 Å². The van der Waals surface area contributed by atoms with Gasteiger partial charge < -0.3 is 19.5 Å². The highest BCUT2D eigenvalue weighted by molar-refractivity contribution is 5.94. The SMILES string of the molecule is CC(Oc1ccc(F)cc1)C(=O)Nc1ccc2c(c1)OC1(CCCC1)O2. The normalized spacial score (nSPS) is 17.9. The van der Waals surface area contributed by atoms with Crippen LogP contribution < -0.4 is 19.5 Å². The van der Waals surface area contributed by atoms with Crippen LogP contribution in [0.3, 0.4) is 0 Å². The molecule has 1 fully saturated rings. The van der Waals surface area contributed by atoms with Crippen molar-refractivity contribution in [1.29, 1.82) is 0 Å². The first-order valence-electron chi connectivity index (χ1n) is 8.78. The molecule has 0 bridgehead atoms. The maximum atomic E-state index is 12.9. The third-order valence-electron chi connectivity index (χ3n) is 4.66. The molecular weight excluding hydrogens is 337 g/mol. The molecule has 0 radical (unpaired) electrons. The third-order valence-corrected chi connectivity index (χ3v) is 4.66. The predicted octanol–water partition coefficient (Wildman–Crippen LogP) is 4.27. The minimum atomic E-state index is -0.730. The number of halogens is 1. The zero-order valence-electron chi connectivity index (χ0n) is 14.5. The highest BCUT2D eigenvalue weighted by atomic mass is 19.1. The van der Waals surface area contributed by atoms with Crippen LogP contribution in [0, 0.1) is 5.82 Å². The fourth-order valence-electron chi connectivity index (χ4n) is 3.30. The molecule has 0 saturated heterocycles. The van der Waals surface area contributed by atoms with Crippen LogP contribution in [-0.4, -0.2) is 17.8 Å². The fourth-order valence-corrected chi connectivity index (χ4v) is 3.30. The van der Waals surface area contributed by atoms with Crippen LogP contribution in [0.15, 0.2) is 42.5 Å². The van der Waals surface area contributed by atoms with E-state index in [1.54, 1.807) is 19.1 Å². The summed E-state index contributed by atoms with van der Waals surface area (Å²) in [5.41, 5.74) is 0.613. The quantitative estimate of drug-likeness (QED) is 0.888. The van der Waals surface area contributed by atoms with Gasteiger partial charge in [0.1, 0.15) is 11.6 Å². The second-order valence-electron chi connectivity index (χ2n) is 6.69. The molecule has 1 unspecified atom stereocenters. The molecule has 1 aliphatic heterocycles. The Labute approximate surface area is 151 Å². The first-order chi connectivity index (χ1) is 12.5. The minimum Gasteiger partial charge on any atom is -0.481 e. The molecule has 0 aromatic heterocycles. The van der Waals surface area contributed by atoms with Crippen LogP contribution in [0.5, 0.6) is 17.2 Å². The minimum absolute atomic E-state index is 0.302. The summed E-state index contributed by atoms with van der Waals surface area (Å²) < 4.78 is 30.4. The molecule has 2 aliphatic rings. The molecule has 2 aromatic carbocycles. The number of fused-ring (bicyclic) bond motifs is 1. The van der Waals surface area contributed by atoms with E-state index in [4.69, 9.17) is 14.2 Å². The Morgan fingerprint density at radius 3 is 2.54 bits per heavy atom. The monoisotopic (exact) mass is 357 g/mol. The van der Waals surface area contributed by atoms with E-state index < -0.39 is 11.9 Å². The Morgan fingerprint density at radius 2 is 1.81 bits per heavy atom. The number of hydrogen-bond donors (Lipinski definition) is 1. The molecule has 1 amide bonds. The summed E-state index contributed by atoms with van der Waals surface area (Å²) in [6.07, 6.45) is 3.22. The van der Waals surface area contributed by atoms with Crippen LogP contribution in [0.4, 0.5) is 10.1 Å². The van der Waals surface area contributed by atoms with E-state index in [9.17, 15) is 9.18 Å². The van der Waals surface area contributed by atoms with Crippen molar-refractivity contribution in [3.63, 3.8) is 0 Å². The molecule has 2 aromatic rings. The van der Waals surface area contributed by atoms with E-state index in [0.29, 0.717) is 22.9 Å². The fraction of sp³-hybridized carbons (Fsp3) is 0.350. The van der Waals surface area contributed by atoms with Crippen molar-refractivity contribution in [2.45, 2.75) is 44.5 Å². The van der Waals surface area contributed by atoms with E-state index >= 15 is 0 Å². The Morgan fingerprint density at radius 1 is 1.12 bits per heavy atom. The van der Waals surface area contributed by atoms with Crippen LogP contribution in [-0.2, 0) is 4.79 Å². The summed E-state index contributed by atoms with van der Waals surface area (Å²) in [5, 5.41) is 2.81. The Balaban J connectivity index is 1.40. The molecule has 1 heterocycles. The number of ether oxygens (including phenoxy) is 3. The van der Waals surface area contributed by atoms with Crippen molar-refractivity contribution < 1.29 is 23.4 Å². The molecule has 1 aliphatic carbocycles. The van der Waals surface area contributed by atoms with Gasteiger partial charge in [-0.2, -0.15) is 0 Å². The maximum absolute atomic E-state index is 12.9. The lowest BCUT2D eigenvalue weighted by Crippen LogP contribution is -2.34. The lowest BCUT2D eigenvalue weighted by Gasteiger charge is -2.21. The van der Waals surface area contributed by atoms with Gasteiger partial charge in [0.2, 0.25) is 0 Å². The van der Waals surface area contributed by atoms with Gasteiger partial charge in [-0.1, -0.05) is 0 Å². The van der Waals surface area contributed by atoms with E-state index in [1.807, 2.05) is 6.07 Å². The number of benzene rings is 2. The summed E-state index contributed by atoms with van der Waals surface area (Å²) in [7, 11) is 0. The zero-order valence-corrected chi connectivity index (χ0v) is 14.5. The molecule has 5 nitrogen and oxygen atoms in total. The summed E-state index contributed by atoms with van der Waals surface area (Å²) in [6, 6.07) is 10.9. The molecule has 1 spiro atoms. The van der Waals surface area contributed by atoms with Gasteiger partial charge in [-0.3, -0.25) is 4.79 Å². The highest BCUT2D eigenvalue weighted by Gasteiger charge is 2.44. The van der Waals surface area contributed by atoms with Crippen molar-refractivity contribution >= 4 is 11.6 Å². The van der Waals surface area contributed by atoms with Crippen molar-refractivity contribution in [3.8, 4) is 17.2 Å². The zero-order chi connectivity index (χ0) is 18.1. The summed E-state index contributed by atoms with van der Waals surface area (Å²) >= 11 is 0. The average molecular weight is 357 g/mol. The van der Waals surface area contributed by atoms with Crippen LogP contribution >= 0.6 is 0 Å². The topological polar surface area (TPSA) is 56.8 Å². The second-order valence-corrected chi connectivity index (χ2v) is 6.69. The van der Waals surface area contributed by atoms with E-state index in [0.717, 1.165) is 25.7 Å². The van der Waals surface area contributed by atoms with Gasteiger partial charge in [-0.25, -0.2) is 4.39 Å². The Kier molecular flexibility index (Phi) is 4.18. The molecular formula is C20H20FNO4. The van der Waals surface area contributed by atoms with E-state index in [2.05, 4.69) is 5.32 Å². The molecule has 26 heavy (non-hydrogen) atoms. The van der Waals surface area contributed by atoms with Gasteiger partial charge in [0.05, 0.1) is 0 Å². The summed E-state index contributed by atoms with van der Waals surface area (Å²) in [4.78, 5) is 12.4. The molecule has 136 valence electrons. The first-order valence-corrected chi connectivity index (χ1v) is 8.78. The highest BCUT2D eigenvalue weighted by Crippen LogP contribution is 2.47. The summed E-state index contributed by atoms with van der Waals surface area (Å²) in [5.74, 6) is 0.614. The van der Waals surface area contributed by atoms with Crippen LogP contribution in [0.2, 0.25) is 0 Å². The van der Waals surface area contributed by atoms with Gasteiger partial charge in [-0.15, -0.1) is 0 Å². The van der Waals surface area contributed by atoms with Gasteiger partial charge >= 0.3 is 0 Å². The lowest BCUT2D eigenvalue weighted by atomic mass is 10.2. The largest absolute Gasteiger partial charge is 0.481 e. The maximum Gasteiger partial charge on any atom is 0.265 e. The number of nitrogens with one attached hydrogen (secondary N) is 1. The van der Waals surface area contributed by atoms with Crippen molar-refractivity contribution in [2.75, 3.05) is 5.32 Å². The van der Waals surface area contributed by atoms with Crippen LogP contribution in [0.1, 0.15) is 32.6 Å². The van der Waals surface area contributed by atoms with Gasteiger partial charge in [0.15, 0.2) is 17.6 Å². The first kappa shape index (κ1) is 16.7. The van der Waals surface area contributed by atoms with Crippen molar-refractivity contribution in [1.82, 2.24) is 0 Å². The molecule has 1 N–H and O–H groups in total. The standard InChI is InChI=1S/C20H20FNO4/c1-13(24-16-7-4-14(21)5-8-16)19(23)22-15-6-9-17-18(12-15)26-20(25-17)10-2-3-11-20/h4-9,12-13H,2-3,10-11H2,1H3,(H,22,23). The number of carbonyl (C=O) groups is 1. The number of rotatable bonds is 4. The number of carbonyl (C=O) groups excluding carboxylic acids is 1. The molecule has 6 heteroatoms. The van der Waals surface area contributed by atoms with Gasteiger partial charge in [0, 0.05) is 24.6 Å². The lowest BCUT2D eigenvalue weighted by molar-refractivity contribution is -0.122. The second kappa shape index (κ2) is 6.52. The van der Waals surface area contributed by atoms with Crippen molar-refractivity contribution in [2.24, 2.45) is 0 Å². The van der Waals surface area contributed by atoms with E-state index in [-0.39, 0.29) is 11.7 Å². The third kappa shape index (κ3) is 3.31. The van der Waals surface area contributed by atoms with Crippen molar-refractivity contribution in [3.05, 3.63) is 48.3 Å². The Hall–Kier alpha value is -2.76.